The van der Waals surface area contributed by atoms with E-state index in [9.17, 15) is 14.4 Å². The summed E-state index contributed by atoms with van der Waals surface area (Å²) < 4.78 is 5.05. The van der Waals surface area contributed by atoms with E-state index in [0.717, 1.165) is 25.7 Å². The van der Waals surface area contributed by atoms with Crippen LogP contribution in [0.15, 0.2) is 24.3 Å². The minimum atomic E-state index is -1.06. The van der Waals surface area contributed by atoms with Gasteiger partial charge in [0, 0.05) is 0 Å². The van der Waals surface area contributed by atoms with Crippen LogP contribution >= 0.6 is 0 Å². The first-order valence-electron chi connectivity index (χ1n) is 7.40. The van der Waals surface area contributed by atoms with Gasteiger partial charge in [-0.3, -0.25) is 14.5 Å². The number of carbonyl (C=O) groups excluding carboxylic acids is 2. The van der Waals surface area contributed by atoms with Crippen molar-refractivity contribution in [2.75, 3.05) is 11.5 Å². The molecule has 2 atom stereocenters. The molecule has 0 aromatic heterocycles. The van der Waals surface area contributed by atoms with E-state index in [1.54, 1.807) is 24.3 Å². The zero-order valence-electron chi connectivity index (χ0n) is 12.0. The van der Waals surface area contributed by atoms with Gasteiger partial charge < -0.3 is 9.84 Å². The molecule has 1 aliphatic heterocycles. The van der Waals surface area contributed by atoms with Crippen molar-refractivity contribution in [3.05, 3.63) is 24.3 Å². The summed E-state index contributed by atoms with van der Waals surface area (Å²) in [6.07, 6.45) is 3.56. The Morgan fingerprint density at radius 1 is 1.09 bits per heavy atom. The molecule has 1 aromatic rings. The van der Waals surface area contributed by atoms with Crippen LogP contribution in [0.5, 0.6) is 5.75 Å². The second-order valence-electron chi connectivity index (χ2n) is 5.69. The van der Waals surface area contributed by atoms with Gasteiger partial charge in [-0.2, -0.15) is 0 Å². The number of rotatable bonds is 4. The number of ether oxygens (including phenoxy) is 1. The smallest absolute Gasteiger partial charge is 0.341 e. The molecule has 0 spiro atoms. The zero-order valence-corrected chi connectivity index (χ0v) is 12.0. The Morgan fingerprint density at radius 2 is 1.64 bits per heavy atom. The van der Waals surface area contributed by atoms with Gasteiger partial charge in [0.25, 0.3) is 0 Å². The third kappa shape index (κ3) is 2.56. The maximum absolute atomic E-state index is 12.4. The number of anilines is 1. The summed E-state index contributed by atoms with van der Waals surface area (Å²) in [7, 11) is 0. The fourth-order valence-corrected chi connectivity index (χ4v) is 3.25. The molecule has 3 rings (SSSR count). The van der Waals surface area contributed by atoms with Gasteiger partial charge in [-0.05, 0) is 37.1 Å². The zero-order chi connectivity index (χ0) is 15.7. The van der Waals surface area contributed by atoms with Crippen molar-refractivity contribution in [2.45, 2.75) is 25.7 Å². The molecule has 0 radical (unpaired) electrons. The van der Waals surface area contributed by atoms with Crippen LogP contribution in [-0.4, -0.2) is 29.5 Å². The molecule has 1 N–H and O–H groups in total. The lowest BCUT2D eigenvalue weighted by Gasteiger charge is -2.19. The fourth-order valence-electron chi connectivity index (χ4n) is 3.25. The number of carboxylic acid groups (broad SMARTS) is 1. The highest BCUT2D eigenvalue weighted by molar-refractivity contribution is 6.22. The molecular weight excluding hydrogens is 286 g/mol. The number of fused-ring (bicyclic) bond motifs is 1. The van der Waals surface area contributed by atoms with Crippen molar-refractivity contribution in [3.63, 3.8) is 0 Å². The maximum Gasteiger partial charge on any atom is 0.341 e. The molecule has 2 unspecified atom stereocenters. The summed E-state index contributed by atoms with van der Waals surface area (Å²) >= 11 is 0. The van der Waals surface area contributed by atoms with Crippen LogP contribution in [0.2, 0.25) is 0 Å². The number of imide groups is 1. The summed E-state index contributed by atoms with van der Waals surface area (Å²) in [5.74, 6) is -1.25. The lowest BCUT2D eigenvalue weighted by molar-refractivity contribution is -0.139. The van der Waals surface area contributed by atoms with Gasteiger partial charge in [0.2, 0.25) is 11.8 Å². The Balaban J connectivity index is 1.77. The van der Waals surface area contributed by atoms with Crippen molar-refractivity contribution in [2.24, 2.45) is 11.8 Å². The predicted octanol–water partition coefficient (Wildman–Crippen LogP) is 1.83. The van der Waals surface area contributed by atoms with Crippen LogP contribution in [0.1, 0.15) is 25.7 Å². The molecule has 1 heterocycles. The van der Waals surface area contributed by atoms with E-state index in [1.165, 1.54) is 4.90 Å². The Morgan fingerprint density at radius 3 is 2.14 bits per heavy atom. The number of nitrogens with zero attached hydrogens (tertiary/aromatic N) is 1. The molecule has 2 aliphatic rings. The van der Waals surface area contributed by atoms with E-state index >= 15 is 0 Å². The van der Waals surface area contributed by atoms with E-state index in [2.05, 4.69) is 0 Å². The standard InChI is InChI=1S/C16H17NO5/c18-14(19)9-22-11-7-5-10(6-8-11)17-15(20)12-3-1-2-4-13(12)16(17)21/h5-8,12-13H,1-4,9H2,(H,18,19). The number of benzene rings is 1. The molecule has 2 amide bonds. The molecule has 22 heavy (non-hydrogen) atoms. The monoisotopic (exact) mass is 303 g/mol. The molecule has 6 heteroatoms. The Labute approximate surface area is 127 Å². The number of aliphatic carboxylic acids is 1. The number of carboxylic acids is 1. The van der Waals surface area contributed by atoms with Crippen molar-refractivity contribution >= 4 is 23.5 Å². The molecule has 1 saturated heterocycles. The minimum Gasteiger partial charge on any atom is -0.482 e. The third-order valence-corrected chi connectivity index (χ3v) is 4.30. The quantitative estimate of drug-likeness (QED) is 0.858. The van der Waals surface area contributed by atoms with Crippen LogP contribution in [0.3, 0.4) is 0 Å². The van der Waals surface area contributed by atoms with E-state index in [0.29, 0.717) is 11.4 Å². The molecule has 116 valence electrons. The highest BCUT2D eigenvalue weighted by atomic mass is 16.5. The molecule has 6 nitrogen and oxygen atoms in total. The number of hydrogen-bond donors (Lipinski definition) is 1. The summed E-state index contributed by atoms with van der Waals surface area (Å²) in [5, 5.41) is 8.57. The van der Waals surface area contributed by atoms with Gasteiger partial charge in [-0.1, -0.05) is 12.8 Å². The van der Waals surface area contributed by atoms with E-state index < -0.39 is 12.6 Å². The average molecular weight is 303 g/mol. The van der Waals surface area contributed by atoms with Crippen molar-refractivity contribution in [1.29, 1.82) is 0 Å². The van der Waals surface area contributed by atoms with Crippen LogP contribution in [0, 0.1) is 11.8 Å². The van der Waals surface area contributed by atoms with Gasteiger partial charge in [-0.15, -0.1) is 0 Å². The average Bonchev–Trinajstić information content (AvgIpc) is 2.78. The fraction of sp³-hybridized carbons (Fsp3) is 0.438. The van der Waals surface area contributed by atoms with Crippen molar-refractivity contribution < 1.29 is 24.2 Å². The predicted molar refractivity (Wildman–Crippen MR) is 77.5 cm³/mol. The molecule has 1 saturated carbocycles. The SMILES string of the molecule is O=C(O)COc1ccc(N2C(=O)C3CCCCC3C2=O)cc1. The largest absolute Gasteiger partial charge is 0.482 e. The summed E-state index contributed by atoms with van der Waals surface area (Å²) in [4.78, 5) is 36.6. The molecular formula is C16H17NO5. The van der Waals surface area contributed by atoms with Gasteiger partial charge in [-0.25, -0.2) is 4.79 Å². The number of amides is 2. The summed E-state index contributed by atoms with van der Waals surface area (Å²) in [6, 6.07) is 6.37. The van der Waals surface area contributed by atoms with Crippen LogP contribution in [0.25, 0.3) is 0 Å². The second kappa shape index (κ2) is 5.79. The highest BCUT2D eigenvalue weighted by Crippen LogP contribution is 2.40. The first kappa shape index (κ1) is 14.6. The van der Waals surface area contributed by atoms with E-state index in [1.807, 2.05) is 0 Å². The lowest BCUT2D eigenvalue weighted by Crippen LogP contribution is -2.30. The highest BCUT2D eigenvalue weighted by Gasteiger charge is 2.48. The normalized spacial score (nSPS) is 24.3. The van der Waals surface area contributed by atoms with Gasteiger partial charge in [0.1, 0.15) is 5.75 Å². The Bertz CT molecular complexity index is 585. The summed E-state index contributed by atoms with van der Waals surface area (Å²) in [5.41, 5.74) is 0.520. The van der Waals surface area contributed by atoms with Crippen LogP contribution in [-0.2, 0) is 14.4 Å². The maximum atomic E-state index is 12.4. The van der Waals surface area contributed by atoms with Gasteiger partial charge in [0.05, 0.1) is 17.5 Å². The van der Waals surface area contributed by atoms with Crippen LogP contribution < -0.4 is 9.64 Å². The number of carbonyl (C=O) groups is 3. The first-order valence-corrected chi connectivity index (χ1v) is 7.40. The Hall–Kier alpha value is -2.37. The van der Waals surface area contributed by atoms with Gasteiger partial charge in [0.15, 0.2) is 6.61 Å². The van der Waals surface area contributed by atoms with Gasteiger partial charge >= 0.3 is 5.97 Å². The molecule has 1 aromatic carbocycles. The van der Waals surface area contributed by atoms with Crippen molar-refractivity contribution in [3.8, 4) is 5.75 Å². The second-order valence-corrected chi connectivity index (χ2v) is 5.69. The molecule has 2 fully saturated rings. The Kier molecular flexibility index (Phi) is 3.83. The first-order chi connectivity index (χ1) is 10.6. The molecule has 1 aliphatic carbocycles. The third-order valence-electron chi connectivity index (χ3n) is 4.30. The number of hydrogen-bond acceptors (Lipinski definition) is 4. The van der Waals surface area contributed by atoms with E-state index in [4.69, 9.17) is 9.84 Å². The minimum absolute atomic E-state index is 0.117. The van der Waals surface area contributed by atoms with Crippen LogP contribution in [0.4, 0.5) is 5.69 Å². The molecule has 0 bridgehead atoms. The summed E-state index contributed by atoms with van der Waals surface area (Å²) in [6.45, 7) is -0.426. The topological polar surface area (TPSA) is 83.9 Å². The van der Waals surface area contributed by atoms with Crippen molar-refractivity contribution in [1.82, 2.24) is 0 Å². The lowest BCUT2D eigenvalue weighted by atomic mass is 9.81. The van der Waals surface area contributed by atoms with E-state index in [-0.39, 0.29) is 23.7 Å².